The maximum absolute atomic E-state index is 4.58. The van der Waals surface area contributed by atoms with Gasteiger partial charge in [0.2, 0.25) is 0 Å². The monoisotopic (exact) mass is 283 g/mol. The molecule has 0 amide bonds. The maximum atomic E-state index is 4.58. The Balaban J connectivity index is 1.95. The van der Waals surface area contributed by atoms with E-state index < -0.39 is 0 Å². The largest absolute Gasteiger partial charge is 0.370 e. The van der Waals surface area contributed by atoms with Gasteiger partial charge in [-0.2, -0.15) is 0 Å². The molecule has 0 unspecified atom stereocenters. The molecule has 0 aliphatic rings. The number of benzene rings is 1. The van der Waals surface area contributed by atoms with Gasteiger partial charge in [-0.25, -0.2) is 4.98 Å². The van der Waals surface area contributed by atoms with Crippen LogP contribution in [-0.2, 0) is 6.42 Å². The van der Waals surface area contributed by atoms with Crippen molar-refractivity contribution >= 4 is 11.6 Å². The molecule has 0 spiro atoms. The number of rotatable bonds is 7. The maximum Gasteiger partial charge on any atom is 0.128 e. The Kier molecular flexibility index (Phi) is 5.20. The van der Waals surface area contributed by atoms with E-state index in [2.05, 4.69) is 66.7 Å². The summed E-state index contributed by atoms with van der Waals surface area (Å²) in [6, 6.07) is 16.6. The van der Waals surface area contributed by atoms with Crippen molar-refractivity contribution in [2.24, 2.45) is 0 Å². The van der Waals surface area contributed by atoms with Gasteiger partial charge in [-0.1, -0.05) is 36.4 Å². The molecular weight excluding hydrogens is 258 g/mol. The summed E-state index contributed by atoms with van der Waals surface area (Å²) in [6.07, 6.45) is 2.12. The summed E-state index contributed by atoms with van der Waals surface area (Å²) in [7, 11) is 0. The first-order valence-electron chi connectivity index (χ1n) is 7.62. The molecule has 2 aromatic rings. The van der Waals surface area contributed by atoms with Gasteiger partial charge in [0.25, 0.3) is 0 Å². The third kappa shape index (κ3) is 5.10. The standard InChI is InChI=1S/C18H25N3/c1-4-19-16-11-8-12-17(20-16)21-18(2,3)14-13-15-9-6-5-7-10-15/h5-12H,4,13-14H2,1-3H3,(H2,19,20,21). The van der Waals surface area contributed by atoms with Crippen LogP contribution in [0.4, 0.5) is 11.6 Å². The molecule has 1 aromatic carbocycles. The van der Waals surface area contributed by atoms with E-state index in [0.717, 1.165) is 31.0 Å². The van der Waals surface area contributed by atoms with E-state index in [9.17, 15) is 0 Å². The number of hydrogen-bond acceptors (Lipinski definition) is 3. The van der Waals surface area contributed by atoms with Gasteiger partial charge in [0.1, 0.15) is 11.6 Å². The highest BCUT2D eigenvalue weighted by molar-refractivity contribution is 5.46. The molecule has 0 saturated carbocycles. The number of nitrogens with one attached hydrogen (secondary N) is 2. The summed E-state index contributed by atoms with van der Waals surface area (Å²) in [6.45, 7) is 7.40. The van der Waals surface area contributed by atoms with Crippen LogP contribution in [0.2, 0.25) is 0 Å². The van der Waals surface area contributed by atoms with Crippen LogP contribution in [0.25, 0.3) is 0 Å². The van der Waals surface area contributed by atoms with Crippen LogP contribution in [0.5, 0.6) is 0 Å². The third-order valence-electron chi connectivity index (χ3n) is 3.45. The molecule has 3 heteroatoms. The van der Waals surface area contributed by atoms with Crippen LogP contribution in [0, 0.1) is 0 Å². The van der Waals surface area contributed by atoms with Gasteiger partial charge in [0.05, 0.1) is 0 Å². The molecule has 0 radical (unpaired) electrons. The number of aromatic nitrogens is 1. The minimum atomic E-state index is 0.00762. The average molecular weight is 283 g/mol. The highest BCUT2D eigenvalue weighted by Crippen LogP contribution is 2.20. The molecule has 0 atom stereocenters. The van der Waals surface area contributed by atoms with E-state index >= 15 is 0 Å². The normalized spacial score (nSPS) is 11.2. The molecule has 1 aromatic heterocycles. The van der Waals surface area contributed by atoms with Gasteiger partial charge in [-0.3, -0.25) is 0 Å². The van der Waals surface area contributed by atoms with Gasteiger partial charge in [-0.05, 0) is 51.3 Å². The summed E-state index contributed by atoms with van der Waals surface area (Å²) in [5.41, 5.74) is 1.38. The van der Waals surface area contributed by atoms with Crippen LogP contribution in [0.3, 0.4) is 0 Å². The summed E-state index contributed by atoms with van der Waals surface area (Å²) in [5.74, 6) is 1.84. The first-order chi connectivity index (χ1) is 10.1. The minimum Gasteiger partial charge on any atom is -0.370 e. The zero-order valence-electron chi connectivity index (χ0n) is 13.2. The zero-order valence-corrected chi connectivity index (χ0v) is 13.2. The van der Waals surface area contributed by atoms with Crippen molar-refractivity contribution in [3.63, 3.8) is 0 Å². The fourth-order valence-electron chi connectivity index (χ4n) is 2.29. The van der Waals surface area contributed by atoms with Crippen molar-refractivity contribution in [2.75, 3.05) is 17.2 Å². The quantitative estimate of drug-likeness (QED) is 0.794. The van der Waals surface area contributed by atoms with E-state index in [4.69, 9.17) is 0 Å². The van der Waals surface area contributed by atoms with E-state index in [1.54, 1.807) is 0 Å². The zero-order chi connectivity index (χ0) is 15.1. The number of aryl methyl sites for hydroxylation is 1. The minimum absolute atomic E-state index is 0.00762. The van der Waals surface area contributed by atoms with Crippen molar-refractivity contribution in [3.8, 4) is 0 Å². The van der Waals surface area contributed by atoms with Crippen LogP contribution < -0.4 is 10.6 Å². The summed E-state index contributed by atoms with van der Waals surface area (Å²) >= 11 is 0. The molecule has 3 nitrogen and oxygen atoms in total. The molecule has 0 aliphatic heterocycles. The second-order valence-corrected chi connectivity index (χ2v) is 5.93. The molecule has 2 N–H and O–H groups in total. The number of hydrogen-bond donors (Lipinski definition) is 2. The molecule has 0 saturated heterocycles. The number of nitrogens with zero attached hydrogens (tertiary/aromatic N) is 1. The van der Waals surface area contributed by atoms with Crippen molar-refractivity contribution in [2.45, 2.75) is 39.2 Å². The van der Waals surface area contributed by atoms with Crippen LogP contribution in [0.15, 0.2) is 48.5 Å². The molecular formula is C18H25N3. The van der Waals surface area contributed by atoms with E-state index in [1.165, 1.54) is 5.56 Å². The SMILES string of the molecule is CCNc1cccc(NC(C)(C)CCc2ccccc2)n1. The number of anilines is 2. The lowest BCUT2D eigenvalue weighted by molar-refractivity contribution is 0.516. The van der Waals surface area contributed by atoms with Gasteiger partial charge in [0, 0.05) is 12.1 Å². The topological polar surface area (TPSA) is 37.0 Å². The highest BCUT2D eigenvalue weighted by atomic mass is 15.1. The van der Waals surface area contributed by atoms with Gasteiger partial charge in [0.15, 0.2) is 0 Å². The molecule has 112 valence electrons. The van der Waals surface area contributed by atoms with Crippen molar-refractivity contribution < 1.29 is 0 Å². The van der Waals surface area contributed by atoms with E-state index in [-0.39, 0.29) is 5.54 Å². The molecule has 2 rings (SSSR count). The smallest absolute Gasteiger partial charge is 0.128 e. The van der Waals surface area contributed by atoms with Crippen LogP contribution >= 0.6 is 0 Å². The Morgan fingerprint density at radius 1 is 0.952 bits per heavy atom. The Morgan fingerprint density at radius 2 is 1.67 bits per heavy atom. The van der Waals surface area contributed by atoms with Crippen LogP contribution in [0.1, 0.15) is 32.8 Å². The first kappa shape index (κ1) is 15.4. The predicted octanol–water partition coefficient (Wildman–Crippen LogP) is 4.34. The lowest BCUT2D eigenvalue weighted by atomic mass is 9.95. The molecule has 21 heavy (non-hydrogen) atoms. The average Bonchev–Trinajstić information content (AvgIpc) is 2.47. The Bertz CT molecular complexity index is 549. The molecule has 1 heterocycles. The second-order valence-electron chi connectivity index (χ2n) is 5.93. The second kappa shape index (κ2) is 7.11. The predicted molar refractivity (Wildman–Crippen MR) is 90.9 cm³/mol. The molecule has 0 aliphatic carbocycles. The fraction of sp³-hybridized carbons (Fsp3) is 0.389. The first-order valence-corrected chi connectivity index (χ1v) is 7.62. The van der Waals surface area contributed by atoms with Gasteiger partial charge >= 0.3 is 0 Å². The van der Waals surface area contributed by atoms with Gasteiger partial charge < -0.3 is 10.6 Å². The summed E-state index contributed by atoms with van der Waals surface area (Å²) < 4.78 is 0. The van der Waals surface area contributed by atoms with Crippen LogP contribution in [-0.4, -0.2) is 17.1 Å². The van der Waals surface area contributed by atoms with E-state index in [1.807, 2.05) is 18.2 Å². The third-order valence-corrected chi connectivity index (χ3v) is 3.45. The molecule has 0 fully saturated rings. The highest BCUT2D eigenvalue weighted by Gasteiger charge is 2.17. The Labute approximate surface area is 127 Å². The lowest BCUT2D eigenvalue weighted by Gasteiger charge is -2.27. The van der Waals surface area contributed by atoms with Crippen molar-refractivity contribution in [3.05, 3.63) is 54.1 Å². The van der Waals surface area contributed by atoms with E-state index in [0.29, 0.717) is 0 Å². The Morgan fingerprint density at radius 3 is 2.38 bits per heavy atom. The van der Waals surface area contributed by atoms with Crippen molar-refractivity contribution in [1.82, 2.24) is 4.98 Å². The van der Waals surface area contributed by atoms with Crippen molar-refractivity contribution in [1.29, 1.82) is 0 Å². The Hall–Kier alpha value is -2.03. The summed E-state index contributed by atoms with van der Waals surface area (Å²) in [5, 5.41) is 6.78. The van der Waals surface area contributed by atoms with Gasteiger partial charge in [-0.15, -0.1) is 0 Å². The molecule has 0 bridgehead atoms. The number of pyridine rings is 1. The fourth-order valence-corrected chi connectivity index (χ4v) is 2.29. The summed E-state index contributed by atoms with van der Waals surface area (Å²) in [4.78, 5) is 4.58. The lowest BCUT2D eigenvalue weighted by Crippen LogP contribution is -2.31.